The molecule has 0 aliphatic heterocycles. The molecule has 1 aliphatic carbocycles. The molecular formula is C12H23O3P. The highest BCUT2D eigenvalue weighted by atomic mass is 31.2. The van der Waals surface area contributed by atoms with Crippen LogP contribution in [0.4, 0.5) is 0 Å². The topological polar surface area (TPSA) is 43.4 Å². The lowest BCUT2D eigenvalue weighted by Gasteiger charge is -2.33. The molecule has 4 heteroatoms. The van der Waals surface area contributed by atoms with Crippen LogP contribution in [0.25, 0.3) is 0 Å². The molecule has 1 aliphatic rings. The van der Waals surface area contributed by atoms with Gasteiger partial charge in [0.1, 0.15) is 6.61 Å². The minimum Gasteiger partial charge on any atom is -0.321 e. The predicted octanol–water partition coefficient (Wildman–Crippen LogP) is 3.33. The normalized spacial score (nSPS) is 22.0. The number of rotatable bonds is 4. The molecule has 3 nitrogen and oxygen atoms in total. The van der Waals surface area contributed by atoms with Gasteiger partial charge >= 0.3 is 0 Å². The third-order valence-electron chi connectivity index (χ3n) is 3.31. The summed E-state index contributed by atoms with van der Waals surface area (Å²) in [5.74, 6) is 0.249. The highest BCUT2D eigenvalue weighted by molar-refractivity contribution is 7.57. The monoisotopic (exact) mass is 246 g/mol. The Bertz CT molecular complexity index is 293. The summed E-state index contributed by atoms with van der Waals surface area (Å²) < 4.78 is 16.4. The van der Waals surface area contributed by atoms with Gasteiger partial charge in [-0.3, -0.25) is 9.36 Å². The van der Waals surface area contributed by atoms with Crippen LogP contribution in [0.15, 0.2) is 0 Å². The molecule has 0 atom stereocenters. The van der Waals surface area contributed by atoms with Gasteiger partial charge in [-0.1, -0.05) is 13.8 Å². The van der Waals surface area contributed by atoms with Crippen molar-refractivity contribution >= 4 is 13.2 Å². The molecule has 0 N–H and O–H groups in total. The Labute approximate surface area is 98.4 Å². The molecule has 0 spiro atoms. The predicted molar refractivity (Wildman–Crippen MR) is 66.2 cm³/mol. The summed E-state index contributed by atoms with van der Waals surface area (Å²) in [6, 6.07) is 0. The van der Waals surface area contributed by atoms with Crippen molar-refractivity contribution in [2.75, 3.05) is 19.9 Å². The average molecular weight is 246 g/mol. The molecule has 1 rings (SSSR count). The van der Waals surface area contributed by atoms with E-state index in [1.54, 1.807) is 13.3 Å². The van der Waals surface area contributed by atoms with E-state index in [0.717, 1.165) is 25.7 Å². The summed E-state index contributed by atoms with van der Waals surface area (Å²) in [5.41, 5.74) is 0.377. The van der Waals surface area contributed by atoms with E-state index in [1.165, 1.54) is 0 Å². The van der Waals surface area contributed by atoms with Gasteiger partial charge in [-0.2, -0.15) is 0 Å². The molecule has 0 aromatic rings. The molecule has 1 saturated carbocycles. The van der Waals surface area contributed by atoms with Crippen LogP contribution in [0, 0.1) is 11.3 Å². The van der Waals surface area contributed by atoms with Gasteiger partial charge in [-0.05, 0) is 31.1 Å². The van der Waals surface area contributed by atoms with E-state index >= 15 is 0 Å². The van der Waals surface area contributed by atoms with E-state index in [0.29, 0.717) is 5.41 Å². The van der Waals surface area contributed by atoms with Crippen molar-refractivity contribution in [1.29, 1.82) is 0 Å². The van der Waals surface area contributed by atoms with Gasteiger partial charge in [0.2, 0.25) is 0 Å². The summed E-state index contributed by atoms with van der Waals surface area (Å²) in [4.78, 5) is 11.8. The molecule has 0 heterocycles. The SMILES string of the molecule is CC1(C)CCC(C(=O)COP(C)(C)=O)CC1. The van der Waals surface area contributed by atoms with Crippen molar-refractivity contribution in [3.8, 4) is 0 Å². The third-order valence-corrected chi connectivity index (χ3v) is 4.06. The Morgan fingerprint density at radius 2 is 1.81 bits per heavy atom. The van der Waals surface area contributed by atoms with Crippen molar-refractivity contribution in [2.24, 2.45) is 11.3 Å². The van der Waals surface area contributed by atoms with Crippen LogP contribution in [0.2, 0.25) is 0 Å². The van der Waals surface area contributed by atoms with E-state index in [4.69, 9.17) is 4.52 Å². The van der Waals surface area contributed by atoms with E-state index in [2.05, 4.69) is 13.8 Å². The molecule has 0 aromatic carbocycles. The van der Waals surface area contributed by atoms with Crippen LogP contribution in [0.3, 0.4) is 0 Å². The Morgan fingerprint density at radius 1 is 1.31 bits per heavy atom. The zero-order valence-corrected chi connectivity index (χ0v) is 11.7. The minimum absolute atomic E-state index is 0.0232. The molecule has 0 radical (unpaired) electrons. The van der Waals surface area contributed by atoms with Crippen LogP contribution >= 0.6 is 7.37 Å². The molecule has 0 saturated heterocycles. The molecule has 1 fully saturated rings. The smallest absolute Gasteiger partial charge is 0.197 e. The van der Waals surface area contributed by atoms with Gasteiger partial charge < -0.3 is 4.52 Å². The Balaban J connectivity index is 2.37. The van der Waals surface area contributed by atoms with Crippen molar-refractivity contribution < 1.29 is 13.9 Å². The van der Waals surface area contributed by atoms with Crippen molar-refractivity contribution in [3.63, 3.8) is 0 Å². The van der Waals surface area contributed by atoms with Crippen molar-refractivity contribution in [3.05, 3.63) is 0 Å². The number of Topliss-reactive ketones (excluding diaryl/α,β-unsaturated/α-hetero) is 1. The zero-order chi connectivity index (χ0) is 12.4. The van der Waals surface area contributed by atoms with Crippen LogP contribution in [0.5, 0.6) is 0 Å². The number of carbonyl (C=O) groups excluding carboxylic acids is 1. The molecule has 16 heavy (non-hydrogen) atoms. The Hall–Kier alpha value is -0.140. The lowest BCUT2D eigenvalue weighted by Crippen LogP contribution is -2.28. The first-order chi connectivity index (χ1) is 7.20. The Morgan fingerprint density at radius 3 is 2.25 bits per heavy atom. The summed E-state index contributed by atoms with van der Waals surface area (Å²) in [6.07, 6.45) is 4.10. The standard InChI is InChI=1S/C12H23O3P/c1-12(2)7-5-10(6-8-12)11(13)9-15-16(3,4)14/h10H,5-9H2,1-4H3. The summed E-state index contributed by atoms with van der Waals surface area (Å²) in [7, 11) is -2.52. The molecule has 0 bridgehead atoms. The van der Waals surface area contributed by atoms with Crippen LogP contribution in [-0.2, 0) is 13.9 Å². The molecule has 0 unspecified atom stereocenters. The van der Waals surface area contributed by atoms with Gasteiger partial charge in [-0.15, -0.1) is 0 Å². The van der Waals surface area contributed by atoms with E-state index in [9.17, 15) is 9.36 Å². The molecular weight excluding hydrogens is 223 g/mol. The van der Waals surface area contributed by atoms with Gasteiger partial charge in [0.25, 0.3) is 0 Å². The Kier molecular flexibility index (Phi) is 4.36. The summed E-state index contributed by atoms with van der Waals surface area (Å²) >= 11 is 0. The van der Waals surface area contributed by atoms with Gasteiger partial charge in [-0.25, -0.2) is 0 Å². The second-order valence-corrected chi connectivity index (χ2v) is 8.69. The number of carbonyl (C=O) groups is 1. The maximum Gasteiger partial charge on any atom is 0.197 e. The number of ketones is 1. The maximum absolute atomic E-state index is 11.8. The van der Waals surface area contributed by atoms with Gasteiger partial charge in [0.15, 0.2) is 13.2 Å². The average Bonchev–Trinajstić information content (AvgIpc) is 2.13. The van der Waals surface area contributed by atoms with Crippen LogP contribution < -0.4 is 0 Å². The largest absolute Gasteiger partial charge is 0.321 e. The van der Waals surface area contributed by atoms with Gasteiger partial charge in [0.05, 0.1) is 0 Å². The van der Waals surface area contributed by atoms with Crippen molar-refractivity contribution in [1.82, 2.24) is 0 Å². The molecule has 0 aromatic heterocycles. The van der Waals surface area contributed by atoms with E-state index in [-0.39, 0.29) is 18.3 Å². The summed E-state index contributed by atoms with van der Waals surface area (Å²) in [5, 5.41) is 0. The lowest BCUT2D eigenvalue weighted by atomic mass is 9.72. The minimum atomic E-state index is -2.52. The summed E-state index contributed by atoms with van der Waals surface area (Å²) in [6.45, 7) is 7.61. The fourth-order valence-electron chi connectivity index (χ4n) is 2.06. The molecule has 0 amide bonds. The fourth-order valence-corrected chi connectivity index (χ4v) is 2.50. The number of hydrogen-bond acceptors (Lipinski definition) is 3. The highest BCUT2D eigenvalue weighted by Crippen LogP contribution is 2.40. The van der Waals surface area contributed by atoms with E-state index < -0.39 is 7.37 Å². The zero-order valence-electron chi connectivity index (χ0n) is 10.8. The fraction of sp³-hybridized carbons (Fsp3) is 0.917. The van der Waals surface area contributed by atoms with Gasteiger partial charge in [0, 0.05) is 19.2 Å². The quantitative estimate of drug-likeness (QED) is 0.714. The first-order valence-electron chi connectivity index (χ1n) is 5.92. The van der Waals surface area contributed by atoms with Crippen LogP contribution in [0.1, 0.15) is 39.5 Å². The van der Waals surface area contributed by atoms with E-state index in [1.807, 2.05) is 0 Å². The number of hydrogen-bond donors (Lipinski definition) is 0. The third kappa shape index (κ3) is 4.80. The van der Waals surface area contributed by atoms with Crippen molar-refractivity contribution in [2.45, 2.75) is 39.5 Å². The second kappa shape index (κ2) is 5.01. The first kappa shape index (κ1) is 13.9. The second-order valence-electron chi connectivity index (χ2n) is 5.93. The first-order valence-corrected chi connectivity index (χ1v) is 8.44. The lowest BCUT2D eigenvalue weighted by molar-refractivity contribution is -0.126. The molecule has 94 valence electrons. The van der Waals surface area contributed by atoms with Crippen LogP contribution in [-0.4, -0.2) is 25.7 Å². The maximum atomic E-state index is 11.8. The highest BCUT2D eigenvalue weighted by Gasteiger charge is 2.30.